The highest BCUT2D eigenvalue weighted by atomic mass is 32.2. The number of aliphatic hydroxyl groups excluding tert-OH is 1. The van der Waals surface area contributed by atoms with Gasteiger partial charge in [-0.3, -0.25) is 0 Å². The molecule has 0 aliphatic heterocycles. The molecule has 1 aromatic rings. The van der Waals surface area contributed by atoms with Crippen LogP contribution in [0.3, 0.4) is 0 Å². The van der Waals surface area contributed by atoms with E-state index >= 15 is 0 Å². The van der Waals surface area contributed by atoms with Crippen LogP contribution in [0.15, 0.2) is 29.2 Å². The smallest absolute Gasteiger partial charge is 0.240 e. The molecule has 1 unspecified atom stereocenters. The molecule has 2 N–H and O–H groups in total. The zero-order chi connectivity index (χ0) is 16.3. The number of benzene rings is 1. The molecule has 21 heavy (non-hydrogen) atoms. The maximum absolute atomic E-state index is 12.5. The zero-order valence-corrected chi connectivity index (χ0v) is 14.4. The molecule has 0 amide bonds. The third-order valence-electron chi connectivity index (χ3n) is 3.62. The van der Waals surface area contributed by atoms with Crippen LogP contribution in [0.4, 0.5) is 0 Å². The van der Waals surface area contributed by atoms with Gasteiger partial charge in [-0.2, -0.15) is 0 Å². The molecule has 0 radical (unpaired) electrons. The number of aliphatic hydroxyl groups is 1. The van der Waals surface area contributed by atoms with Crippen molar-refractivity contribution < 1.29 is 13.5 Å². The number of hydrogen-bond acceptors (Lipinski definition) is 3. The normalized spacial score (nSPS) is 14.4. The second kappa shape index (κ2) is 6.90. The third-order valence-corrected chi connectivity index (χ3v) is 5.11. The van der Waals surface area contributed by atoms with Gasteiger partial charge >= 0.3 is 0 Å². The Morgan fingerprint density at radius 2 is 1.67 bits per heavy atom. The number of nitrogens with one attached hydrogen (secondary N) is 1. The highest BCUT2D eigenvalue weighted by molar-refractivity contribution is 7.89. The van der Waals surface area contributed by atoms with Crippen molar-refractivity contribution in [2.45, 2.75) is 57.9 Å². The van der Waals surface area contributed by atoms with Gasteiger partial charge < -0.3 is 5.11 Å². The Kier molecular flexibility index (Phi) is 5.96. The standard InChI is InChI=1S/C16H27NO3S/c1-12(2)13-6-8-14(9-7-13)21(19,20)17-15(10-11-18)16(3,4)5/h6-9,12,15,17-18H,10-11H2,1-5H3. The minimum atomic E-state index is -3.57. The first-order valence-electron chi connectivity index (χ1n) is 7.31. The Labute approximate surface area is 128 Å². The van der Waals surface area contributed by atoms with Crippen LogP contribution >= 0.6 is 0 Å². The maximum atomic E-state index is 12.5. The van der Waals surface area contributed by atoms with E-state index in [4.69, 9.17) is 5.11 Å². The lowest BCUT2D eigenvalue weighted by Crippen LogP contribution is -2.44. The molecule has 0 saturated heterocycles. The van der Waals surface area contributed by atoms with Crippen molar-refractivity contribution in [2.75, 3.05) is 6.61 Å². The van der Waals surface area contributed by atoms with E-state index in [1.807, 2.05) is 32.9 Å². The molecule has 0 aromatic heterocycles. The molecule has 0 bridgehead atoms. The molecular weight excluding hydrogens is 286 g/mol. The van der Waals surface area contributed by atoms with E-state index in [0.29, 0.717) is 12.3 Å². The van der Waals surface area contributed by atoms with E-state index in [1.54, 1.807) is 12.1 Å². The molecule has 120 valence electrons. The molecule has 0 spiro atoms. The van der Waals surface area contributed by atoms with Crippen molar-refractivity contribution in [3.05, 3.63) is 29.8 Å². The Hall–Kier alpha value is -0.910. The van der Waals surface area contributed by atoms with Crippen LogP contribution in [0.2, 0.25) is 0 Å². The van der Waals surface area contributed by atoms with Gasteiger partial charge in [0.25, 0.3) is 0 Å². The molecule has 0 aliphatic carbocycles. The van der Waals surface area contributed by atoms with Crippen LogP contribution in [-0.4, -0.2) is 26.2 Å². The van der Waals surface area contributed by atoms with Gasteiger partial charge in [-0.1, -0.05) is 46.8 Å². The first kappa shape index (κ1) is 18.1. The fourth-order valence-electron chi connectivity index (χ4n) is 2.09. The first-order valence-corrected chi connectivity index (χ1v) is 8.79. The summed E-state index contributed by atoms with van der Waals surface area (Å²) in [7, 11) is -3.57. The molecule has 0 heterocycles. The summed E-state index contributed by atoms with van der Waals surface area (Å²) in [4.78, 5) is 0.263. The SMILES string of the molecule is CC(C)c1ccc(S(=O)(=O)NC(CCO)C(C)(C)C)cc1. The molecule has 1 rings (SSSR count). The van der Waals surface area contributed by atoms with Gasteiger partial charge in [-0.25, -0.2) is 13.1 Å². The molecule has 0 saturated carbocycles. The minimum absolute atomic E-state index is 0.0449. The minimum Gasteiger partial charge on any atom is -0.396 e. The van der Waals surface area contributed by atoms with Gasteiger partial charge in [0.15, 0.2) is 0 Å². The third kappa shape index (κ3) is 5.09. The molecule has 0 aliphatic rings. The van der Waals surface area contributed by atoms with E-state index in [-0.39, 0.29) is 23.0 Å². The second-order valence-corrected chi connectivity index (χ2v) is 8.49. The fraction of sp³-hybridized carbons (Fsp3) is 0.625. The summed E-state index contributed by atoms with van der Waals surface area (Å²) in [5.41, 5.74) is 0.852. The number of rotatable bonds is 6. The topological polar surface area (TPSA) is 66.4 Å². The molecule has 1 atom stereocenters. The Morgan fingerprint density at radius 1 is 1.14 bits per heavy atom. The van der Waals surface area contributed by atoms with E-state index in [1.165, 1.54) is 0 Å². The molecule has 0 fully saturated rings. The predicted molar refractivity (Wildman–Crippen MR) is 85.8 cm³/mol. The van der Waals surface area contributed by atoms with Gasteiger partial charge in [0.1, 0.15) is 0 Å². The average molecular weight is 313 g/mol. The lowest BCUT2D eigenvalue weighted by molar-refractivity contribution is 0.214. The summed E-state index contributed by atoms with van der Waals surface area (Å²) in [6.45, 7) is 9.96. The number of hydrogen-bond donors (Lipinski definition) is 2. The first-order chi connectivity index (χ1) is 9.58. The summed E-state index contributed by atoms with van der Waals surface area (Å²) in [5.74, 6) is 0.367. The van der Waals surface area contributed by atoms with Gasteiger partial charge in [-0.05, 0) is 35.4 Å². The summed E-state index contributed by atoms with van der Waals surface area (Å²) in [6.07, 6.45) is 0.396. The monoisotopic (exact) mass is 313 g/mol. The molecule has 5 heteroatoms. The van der Waals surface area contributed by atoms with Crippen molar-refractivity contribution in [1.82, 2.24) is 4.72 Å². The summed E-state index contributed by atoms with van der Waals surface area (Å²) < 4.78 is 27.6. The summed E-state index contributed by atoms with van der Waals surface area (Å²) >= 11 is 0. The van der Waals surface area contributed by atoms with Gasteiger partial charge in [-0.15, -0.1) is 0 Å². The Balaban J connectivity index is 2.99. The maximum Gasteiger partial charge on any atom is 0.240 e. The van der Waals surface area contributed by atoms with Crippen LogP contribution in [0.1, 0.15) is 52.5 Å². The molecular formula is C16H27NO3S. The van der Waals surface area contributed by atoms with Crippen LogP contribution in [-0.2, 0) is 10.0 Å². The summed E-state index contributed by atoms with van der Waals surface area (Å²) in [6, 6.07) is 6.65. The number of sulfonamides is 1. The quantitative estimate of drug-likeness (QED) is 0.848. The van der Waals surface area contributed by atoms with E-state index in [9.17, 15) is 8.42 Å². The zero-order valence-electron chi connectivity index (χ0n) is 13.6. The fourth-order valence-corrected chi connectivity index (χ4v) is 3.56. The van der Waals surface area contributed by atoms with Crippen LogP contribution in [0, 0.1) is 5.41 Å². The Bertz CT molecular complexity index is 542. The van der Waals surface area contributed by atoms with Crippen LogP contribution in [0.25, 0.3) is 0 Å². The van der Waals surface area contributed by atoms with E-state index < -0.39 is 10.0 Å². The van der Waals surface area contributed by atoms with Gasteiger partial charge in [0.05, 0.1) is 4.90 Å². The second-order valence-electron chi connectivity index (χ2n) is 6.78. The van der Waals surface area contributed by atoms with Crippen molar-refractivity contribution >= 4 is 10.0 Å². The highest BCUT2D eigenvalue weighted by Gasteiger charge is 2.29. The molecule has 1 aromatic carbocycles. The van der Waals surface area contributed by atoms with Crippen molar-refractivity contribution in [3.63, 3.8) is 0 Å². The lowest BCUT2D eigenvalue weighted by atomic mass is 9.86. The van der Waals surface area contributed by atoms with E-state index in [2.05, 4.69) is 18.6 Å². The lowest BCUT2D eigenvalue weighted by Gasteiger charge is -2.30. The largest absolute Gasteiger partial charge is 0.396 e. The van der Waals surface area contributed by atoms with Gasteiger partial charge in [0.2, 0.25) is 10.0 Å². The van der Waals surface area contributed by atoms with Gasteiger partial charge in [0, 0.05) is 12.6 Å². The van der Waals surface area contributed by atoms with Crippen molar-refractivity contribution in [3.8, 4) is 0 Å². The average Bonchev–Trinajstić information content (AvgIpc) is 2.37. The van der Waals surface area contributed by atoms with Crippen molar-refractivity contribution in [2.24, 2.45) is 5.41 Å². The van der Waals surface area contributed by atoms with E-state index in [0.717, 1.165) is 5.56 Å². The predicted octanol–water partition coefficient (Wildman–Crippen LogP) is 2.89. The highest BCUT2D eigenvalue weighted by Crippen LogP contribution is 2.24. The van der Waals surface area contributed by atoms with Crippen molar-refractivity contribution in [1.29, 1.82) is 0 Å². The van der Waals surface area contributed by atoms with Crippen LogP contribution < -0.4 is 4.72 Å². The Morgan fingerprint density at radius 3 is 2.05 bits per heavy atom. The summed E-state index contributed by atoms with van der Waals surface area (Å²) in [5, 5.41) is 9.13. The van der Waals surface area contributed by atoms with Crippen LogP contribution in [0.5, 0.6) is 0 Å². The molecule has 4 nitrogen and oxygen atoms in total.